The van der Waals surface area contributed by atoms with Gasteiger partial charge in [-0.1, -0.05) is 18.2 Å². The molecule has 8 heteroatoms. The molecule has 7 nitrogen and oxygen atoms in total. The van der Waals surface area contributed by atoms with Crippen molar-refractivity contribution in [3.63, 3.8) is 0 Å². The van der Waals surface area contributed by atoms with E-state index in [1.807, 2.05) is 12.1 Å². The van der Waals surface area contributed by atoms with Crippen molar-refractivity contribution in [1.29, 1.82) is 0 Å². The molecule has 0 unspecified atom stereocenters. The number of anilines is 2. The maximum atomic E-state index is 13.9. The van der Waals surface area contributed by atoms with E-state index in [4.69, 9.17) is 0 Å². The highest BCUT2D eigenvalue weighted by Crippen LogP contribution is 2.20. The van der Waals surface area contributed by atoms with E-state index in [9.17, 15) is 4.39 Å². The Kier molecular flexibility index (Phi) is 3.42. The Hall–Kier alpha value is -3.29. The lowest BCUT2D eigenvalue weighted by Crippen LogP contribution is -2.04. The minimum Gasteiger partial charge on any atom is -0.307 e. The lowest BCUT2D eigenvalue weighted by molar-refractivity contribution is 0.590. The number of hydrogen-bond acceptors (Lipinski definition) is 5. The van der Waals surface area contributed by atoms with Crippen LogP contribution in [0.5, 0.6) is 0 Å². The fourth-order valence-electron chi connectivity index (χ4n) is 2.47. The fourth-order valence-corrected chi connectivity index (χ4v) is 2.47. The minimum atomic E-state index is -0.244. The van der Waals surface area contributed by atoms with Crippen LogP contribution in [0, 0.1) is 5.82 Å². The first-order chi connectivity index (χ1) is 11.7. The van der Waals surface area contributed by atoms with Gasteiger partial charge in [0.25, 0.3) is 0 Å². The quantitative estimate of drug-likeness (QED) is 0.624. The van der Waals surface area contributed by atoms with E-state index in [0.717, 1.165) is 10.9 Å². The third kappa shape index (κ3) is 2.69. The summed E-state index contributed by atoms with van der Waals surface area (Å²) in [6.07, 6.45) is 5.03. The van der Waals surface area contributed by atoms with E-state index < -0.39 is 0 Å². The summed E-state index contributed by atoms with van der Waals surface area (Å²) in [5.74, 6) is 0.819. The van der Waals surface area contributed by atoms with Gasteiger partial charge in [0.2, 0.25) is 5.95 Å². The molecule has 0 aliphatic carbocycles. The minimum absolute atomic E-state index is 0.244. The number of nitrogens with zero attached hydrogens (tertiary/aromatic N) is 6. The largest absolute Gasteiger partial charge is 0.307 e. The van der Waals surface area contributed by atoms with Gasteiger partial charge in [-0.3, -0.25) is 9.36 Å². The first-order valence-corrected chi connectivity index (χ1v) is 7.37. The van der Waals surface area contributed by atoms with Crippen LogP contribution in [0.15, 0.2) is 49.1 Å². The molecule has 4 aromatic rings. The zero-order valence-electron chi connectivity index (χ0n) is 12.9. The second kappa shape index (κ2) is 5.73. The van der Waals surface area contributed by atoms with E-state index in [1.165, 1.54) is 6.07 Å². The molecule has 3 aromatic heterocycles. The molecule has 0 aliphatic rings. The van der Waals surface area contributed by atoms with E-state index in [2.05, 4.69) is 25.5 Å². The van der Waals surface area contributed by atoms with Gasteiger partial charge in [0.1, 0.15) is 18.0 Å². The molecular weight excluding hydrogens is 309 g/mol. The van der Waals surface area contributed by atoms with Crippen molar-refractivity contribution < 1.29 is 4.39 Å². The van der Waals surface area contributed by atoms with Gasteiger partial charge in [-0.05, 0) is 6.07 Å². The Labute approximate surface area is 136 Å². The van der Waals surface area contributed by atoms with Crippen molar-refractivity contribution in [2.24, 2.45) is 7.05 Å². The molecule has 0 fully saturated rings. The summed E-state index contributed by atoms with van der Waals surface area (Å²) in [5, 5.41) is 12.4. The number of hydrogen-bond donors (Lipinski definition) is 1. The molecule has 1 aromatic carbocycles. The third-order valence-corrected chi connectivity index (χ3v) is 3.64. The Morgan fingerprint density at radius 2 is 2.04 bits per heavy atom. The van der Waals surface area contributed by atoms with E-state index in [0.29, 0.717) is 23.9 Å². The predicted octanol–water partition coefficient (Wildman–Crippen LogP) is 2.49. The summed E-state index contributed by atoms with van der Waals surface area (Å²) in [6.45, 7) is 0.349. The molecule has 0 bridgehead atoms. The summed E-state index contributed by atoms with van der Waals surface area (Å²) < 4.78 is 17.2. The fraction of sp³-hybridized carbons (Fsp3) is 0.125. The van der Waals surface area contributed by atoms with Gasteiger partial charge in [-0.2, -0.15) is 5.10 Å². The van der Waals surface area contributed by atoms with Crippen LogP contribution >= 0.6 is 0 Å². The standard InChI is InChI=1S/C16H14FN7/c1-23-10-19-16(22-23)21-15-6-14-12(7-18-15)8-20-24(14)9-11-4-2-3-5-13(11)17/h2-8,10H,9H2,1H3,(H,18,21,22). The van der Waals surface area contributed by atoms with E-state index in [1.54, 1.807) is 47.3 Å². The lowest BCUT2D eigenvalue weighted by Gasteiger charge is -2.06. The number of rotatable bonds is 4. The topological polar surface area (TPSA) is 73.5 Å². The summed E-state index contributed by atoms with van der Waals surface area (Å²) in [7, 11) is 1.79. The highest BCUT2D eigenvalue weighted by molar-refractivity contribution is 5.80. The first-order valence-electron chi connectivity index (χ1n) is 7.37. The van der Waals surface area contributed by atoms with Gasteiger partial charge < -0.3 is 5.32 Å². The molecule has 4 rings (SSSR count). The van der Waals surface area contributed by atoms with Crippen LogP contribution in [0.25, 0.3) is 10.9 Å². The first kappa shape index (κ1) is 14.3. The van der Waals surface area contributed by atoms with E-state index in [-0.39, 0.29) is 5.82 Å². The normalized spacial score (nSPS) is 11.1. The summed E-state index contributed by atoms with van der Waals surface area (Å²) in [5.41, 5.74) is 1.44. The second-order valence-corrected chi connectivity index (χ2v) is 5.39. The lowest BCUT2D eigenvalue weighted by atomic mass is 10.2. The molecule has 0 aliphatic heterocycles. The molecule has 3 heterocycles. The van der Waals surface area contributed by atoms with Gasteiger partial charge in [-0.25, -0.2) is 14.4 Å². The average Bonchev–Trinajstić information content (AvgIpc) is 3.16. The molecule has 0 saturated heterocycles. The maximum absolute atomic E-state index is 13.9. The van der Waals surface area contributed by atoms with Crippen molar-refractivity contribution in [3.05, 3.63) is 60.4 Å². The Bertz CT molecular complexity index is 1000. The number of aromatic nitrogens is 6. The Balaban J connectivity index is 1.67. The molecule has 24 heavy (non-hydrogen) atoms. The van der Waals surface area contributed by atoms with Crippen LogP contribution in [0.4, 0.5) is 16.2 Å². The van der Waals surface area contributed by atoms with Crippen molar-refractivity contribution in [3.8, 4) is 0 Å². The van der Waals surface area contributed by atoms with Crippen LogP contribution < -0.4 is 5.32 Å². The monoisotopic (exact) mass is 323 g/mol. The van der Waals surface area contributed by atoms with E-state index >= 15 is 0 Å². The van der Waals surface area contributed by atoms with Crippen LogP contribution in [-0.4, -0.2) is 29.5 Å². The van der Waals surface area contributed by atoms with Gasteiger partial charge in [0, 0.05) is 30.3 Å². The Morgan fingerprint density at radius 1 is 1.17 bits per heavy atom. The van der Waals surface area contributed by atoms with Crippen LogP contribution in [0.2, 0.25) is 0 Å². The summed E-state index contributed by atoms with van der Waals surface area (Å²) >= 11 is 0. The average molecular weight is 323 g/mol. The highest BCUT2D eigenvalue weighted by atomic mass is 19.1. The number of pyridine rings is 1. The van der Waals surface area contributed by atoms with Crippen molar-refractivity contribution in [1.82, 2.24) is 29.5 Å². The van der Waals surface area contributed by atoms with Crippen LogP contribution in [-0.2, 0) is 13.6 Å². The number of aryl methyl sites for hydroxylation is 1. The van der Waals surface area contributed by atoms with Crippen LogP contribution in [0.1, 0.15) is 5.56 Å². The third-order valence-electron chi connectivity index (χ3n) is 3.64. The van der Waals surface area contributed by atoms with Crippen molar-refractivity contribution in [2.75, 3.05) is 5.32 Å². The second-order valence-electron chi connectivity index (χ2n) is 5.39. The van der Waals surface area contributed by atoms with Crippen molar-refractivity contribution >= 4 is 22.7 Å². The molecule has 0 radical (unpaired) electrons. The number of benzene rings is 1. The maximum Gasteiger partial charge on any atom is 0.247 e. The molecule has 120 valence electrons. The predicted molar refractivity (Wildman–Crippen MR) is 87.3 cm³/mol. The SMILES string of the molecule is Cn1cnc(Nc2cc3c(cn2)cnn3Cc2ccccc2F)n1. The highest BCUT2D eigenvalue weighted by Gasteiger charge is 2.09. The summed E-state index contributed by atoms with van der Waals surface area (Å²) in [4.78, 5) is 8.43. The molecular formula is C16H14FN7. The zero-order chi connectivity index (χ0) is 16.5. The molecule has 0 saturated carbocycles. The van der Waals surface area contributed by atoms with Crippen LogP contribution in [0.3, 0.4) is 0 Å². The van der Waals surface area contributed by atoms with Crippen molar-refractivity contribution in [2.45, 2.75) is 6.54 Å². The van der Waals surface area contributed by atoms with Gasteiger partial charge in [0.15, 0.2) is 0 Å². The molecule has 1 N–H and O–H groups in total. The molecule has 0 atom stereocenters. The molecule has 0 spiro atoms. The zero-order valence-corrected chi connectivity index (χ0v) is 12.9. The molecule has 0 amide bonds. The van der Waals surface area contributed by atoms with Gasteiger partial charge >= 0.3 is 0 Å². The van der Waals surface area contributed by atoms with Gasteiger partial charge in [0.05, 0.1) is 18.3 Å². The Morgan fingerprint density at radius 3 is 2.83 bits per heavy atom. The number of halogens is 1. The smallest absolute Gasteiger partial charge is 0.247 e. The summed E-state index contributed by atoms with van der Waals surface area (Å²) in [6, 6.07) is 8.53. The van der Waals surface area contributed by atoms with Gasteiger partial charge in [-0.15, -0.1) is 5.10 Å². The number of nitrogens with one attached hydrogen (secondary N) is 1. The number of fused-ring (bicyclic) bond motifs is 1.